The molecule has 0 aliphatic rings. The zero-order valence-electron chi connectivity index (χ0n) is 12.6. The Labute approximate surface area is 119 Å². The summed E-state index contributed by atoms with van der Waals surface area (Å²) in [5.74, 6) is -0.316. The number of carbonyl (C=O) groups is 1. The van der Waals surface area contributed by atoms with E-state index in [1.54, 1.807) is 6.92 Å². The van der Waals surface area contributed by atoms with Crippen molar-refractivity contribution in [1.29, 1.82) is 0 Å². The topological polar surface area (TPSA) is 55.8 Å². The van der Waals surface area contributed by atoms with Gasteiger partial charge in [0.05, 0.1) is 6.61 Å². The summed E-state index contributed by atoms with van der Waals surface area (Å²) in [5, 5.41) is 8.85. The van der Waals surface area contributed by atoms with Gasteiger partial charge >= 0.3 is 5.97 Å². The summed E-state index contributed by atoms with van der Waals surface area (Å²) >= 11 is 0. The van der Waals surface area contributed by atoms with Crippen LogP contribution in [-0.2, 0) is 13.6 Å². The highest BCUT2D eigenvalue weighted by Crippen LogP contribution is 2.16. The Bertz CT molecular complexity index is 292. The van der Waals surface area contributed by atoms with Crippen LogP contribution in [0.3, 0.4) is 0 Å². The van der Waals surface area contributed by atoms with Gasteiger partial charge in [0.1, 0.15) is 0 Å². The first-order valence-corrected chi connectivity index (χ1v) is 12.0. The average molecular weight is 304 g/mol. The second kappa shape index (κ2) is 9.46. The van der Waals surface area contributed by atoms with Gasteiger partial charge in [0.25, 0.3) is 0 Å². The minimum Gasteiger partial charge on any atom is -0.462 e. The lowest BCUT2D eigenvalue weighted by atomic mass is 10.4. The Morgan fingerprint density at radius 3 is 2.53 bits per heavy atom. The Kier molecular flexibility index (Phi) is 9.25. The summed E-state index contributed by atoms with van der Waals surface area (Å²) in [6, 6.07) is 1.97. The van der Waals surface area contributed by atoms with Crippen molar-refractivity contribution in [3.05, 3.63) is 12.2 Å². The number of hydrogen-bond donors (Lipinski definition) is 1. The molecular formula is C13H27O4Si2. The minimum absolute atomic E-state index is 0.239. The van der Waals surface area contributed by atoms with Gasteiger partial charge in [-0.25, -0.2) is 4.79 Å². The summed E-state index contributed by atoms with van der Waals surface area (Å²) in [5.41, 5.74) is 0.441. The molecule has 1 N–H and O–H groups in total. The van der Waals surface area contributed by atoms with Gasteiger partial charge in [0.2, 0.25) is 0 Å². The van der Waals surface area contributed by atoms with Crippen LogP contribution in [0, 0.1) is 0 Å². The van der Waals surface area contributed by atoms with E-state index < -0.39 is 17.4 Å². The highest BCUT2D eigenvalue weighted by atomic mass is 28.4. The van der Waals surface area contributed by atoms with Crippen LogP contribution in [0.2, 0.25) is 31.7 Å². The van der Waals surface area contributed by atoms with E-state index in [1.165, 1.54) is 0 Å². The fraction of sp³-hybridized carbons (Fsp3) is 0.769. The Morgan fingerprint density at radius 1 is 1.37 bits per heavy atom. The maximum atomic E-state index is 11.2. The molecule has 0 aromatic carbocycles. The van der Waals surface area contributed by atoms with Crippen molar-refractivity contribution in [3.8, 4) is 0 Å². The zero-order chi connectivity index (χ0) is 14.9. The largest absolute Gasteiger partial charge is 0.462 e. The van der Waals surface area contributed by atoms with Gasteiger partial charge in [-0.2, -0.15) is 0 Å². The molecule has 0 saturated heterocycles. The third kappa shape index (κ3) is 10.1. The Morgan fingerprint density at radius 2 is 2.00 bits per heavy atom. The lowest BCUT2D eigenvalue weighted by molar-refractivity contribution is -0.138. The van der Waals surface area contributed by atoms with Crippen LogP contribution in [0.25, 0.3) is 0 Å². The van der Waals surface area contributed by atoms with Crippen LogP contribution < -0.4 is 0 Å². The highest BCUT2D eigenvalue weighted by molar-refractivity contribution is 6.78. The van der Waals surface area contributed by atoms with Gasteiger partial charge in [-0.1, -0.05) is 6.58 Å². The van der Waals surface area contributed by atoms with Gasteiger partial charge in [-0.15, -0.1) is 0 Å². The molecule has 6 heteroatoms. The monoisotopic (exact) mass is 303 g/mol. The molecule has 0 saturated carbocycles. The van der Waals surface area contributed by atoms with E-state index in [0.29, 0.717) is 12.2 Å². The van der Waals surface area contributed by atoms with Crippen molar-refractivity contribution in [3.63, 3.8) is 0 Å². The third-order valence-electron chi connectivity index (χ3n) is 2.64. The molecule has 1 radical (unpaired) electrons. The predicted molar refractivity (Wildman–Crippen MR) is 81.9 cm³/mol. The Hall–Kier alpha value is -0.436. The first kappa shape index (κ1) is 18.6. The molecular weight excluding hydrogens is 276 g/mol. The average Bonchev–Trinajstić information content (AvgIpc) is 2.31. The maximum Gasteiger partial charge on any atom is 0.333 e. The summed E-state index contributed by atoms with van der Waals surface area (Å²) in [6.07, 6.45) is 1.67. The van der Waals surface area contributed by atoms with E-state index in [4.69, 9.17) is 14.0 Å². The SMILES string of the molecule is C=C(C)C(=O)OCCC[Si](C)O[Si](C)(C)CCCO. The van der Waals surface area contributed by atoms with Crippen LogP contribution in [-0.4, -0.2) is 41.6 Å². The van der Waals surface area contributed by atoms with Gasteiger partial charge in [-0.3, -0.25) is 0 Å². The number of carbonyl (C=O) groups excluding carboxylic acids is 1. The molecule has 0 rings (SSSR count). The first-order valence-electron chi connectivity index (χ1n) is 6.73. The van der Waals surface area contributed by atoms with Crippen molar-refractivity contribution < 1.29 is 18.8 Å². The van der Waals surface area contributed by atoms with Gasteiger partial charge in [0, 0.05) is 12.2 Å². The van der Waals surface area contributed by atoms with Gasteiger partial charge < -0.3 is 14.0 Å². The summed E-state index contributed by atoms with van der Waals surface area (Å²) in [7, 11) is -2.45. The molecule has 0 unspecified atom stereocenters. The van der Waals surface area contributed by atoms with E-state index in [0.717, 1.165) is 24.9 Å². The molecule has 0 heterocycles. The van der Waals surface area contributed by atoms with Crippen LogP contribution in [0.1, 0.15) is 19.8 Å². The third-order valence-corrected chi connectivity index (χ3v) is 8.86. The normalized spacial score (nSPS) is 11.7. The fourth-order valence-corrected chi connectivity index (χ4v) is 7.93. The molecule has 0 spiro atoms. The molecule has 0 aromatic heterocycles. The molecule has 0 aliphatic heterocycles. The van der Waals surface area contributed by atoms with E-state index in [-0.39, 0.29) is 12.6 Å². The van der Waals surface area contributed by atoms with Crippen LogP contribution in [0.5, 0.6) is 0 Å². The number of aliphatic hydroxyl groups excluding tert-OH is 1. The molecule has 0 aromatic rings. The second-order valence-electron chi connectivity index (χ2n) is 5.41. The molecule has 0 aliphatic carbocycles. The van der Waals surface area contributed by atoms with Gasteiger partial charge in [-0.05, 0) is 51.5 Å². The van der Waals surface area contributed by atoms with Crippen LogP contribution in [0.4, 0.5) is 0 Å². The van der Waals surface area contributed by atoms with Crippen molar-refractivity contribution in [2.75, 3.05) is 13.2 Å². The molecule has 4 nitrogen and oxygen atoms in total. The maximum absolute atomic E-state index is 11.2. The molecule has 0 fully saturated rings. The standard InChI is InChI=1S/C13H27O4Si2/c1-12(2)13(15)16-9-7-10-18(3)17-19(4,5)11-6-8-14/h14H,1,6-11H2,2-5H3. The Balaban J connectivity index is 3.77. The number of aliphatic hydroxyl groups is 1. The van der Waals surface area contributed by atoms with Crippen molar-refractivity contribution in [1.82, 2.24) is 0 Å². The van der Waals surface area contributed by atoms with Crippen molar-refractivity contribution in [2.24, 2.45) is 0 Å². The van der Waals surface area contributed by atoms with Crippen LogP contribution in [0.15, 0.2) is 12.2 Å². The number of esters is 1. The predicted octanol–water partition coefficient (Wildman–Crippen LogP) is 2.72. The zero-order valence-corrected chi connectivity index (χ0v) is 14.6. The second-order valence-corrected chi connectivity index (χ2v) is 12.2. The number of hydrogen-bond acceptors (Lipinski definition) is 4. The minimum atomic E-state index is -1.62. The van der Waals surface area contributed by atoms with Gasteiger partial charge in [0.15, 0.2) is 17.4 Å². The van der Waals surface area contributed by atoms with E-state index in [1.807, 2.05) is 0 Å². The number of rotatable bonds is 10. The van der Waals surface area contributed by atoms with E-state index in [2.05, 4.69) is 26.2 Å². The smallest absolute Gasteiger partial charge is 0.333 e. The van der Waals surface area contributed by atoms with E-state index in [9.17, 15) is 4.79 Å². The summed E-state index contributed by atoms with van der Waals surface area (Å²) in [4.78, 5) is 11.2. The quantitative estimate of drug-likeness (QED) is 0.292. The first-order chi connectivity index (χ1) is 8.78. The van der Waals surface area contributed by atoms with Crippen LogP contribution >= 0.6 is 0 Å². The molecule has 0 bridgehead atoms. The summed E-state index contributed by atoms with van der Waals surface area (Å²) in [6.45, 7) is 12.4. The highest BCUT2D eigenvalue weighted by Gasteiger charge is 2.24. The molecule has 19 heavy (non-hydrogen) atoms. The molecule has 0 atom stereocenters. The molecule has 111 valence electrons. The summed E-state index contributed by atoms with van der Waals surface area (Å²) < 4.78 is 11.2. The molecule has 0 amide bonds. The fourth-order valence-electron chi connectivity index (χ4n) is 1.69. The number of ether oxygens (including phenoxy) is 1. The lowest BCUT2D eigenvalue weighted by Gasteiger charge is -2.26. The van der Waals surface area contributed by atoms with Crippen molar-refractivity contribution >= 4 is 23.3 Å². The van der Waals surface area contributed by atoms with E-state index >= 15 is 0 Å². The lowest BCUT2D eigenvalue weighted by Crippen LogP contribution is -2.36. The van der Waals surface area contributed by atoms with Crippen molar-refractivity contribution in [2.45, 2.75) is 51.5 Å².